The summed E-state index contributed by atoms with van der Waals surface area (Å²) in [5, 5.41) is 0. The molecule has 0 aliphatic rings. The van der Waals surface area contributed by atoms with Crippen LogP contribution in [0.3, 0.4) is 0 Å². The Bertz CT molecular complexity index is 290. The normalized spacial score (nSPS) is 9.09. The van der Waals surface area contributed by atoms with E-state index in [-0.39, 0.29) is 22.4 Å². The van der Waals surface area contributed by atoms with Crippen LogP contribution in [0.15, 0.2) is 32.0 Å². The molecule has 0 aliphatic heterocycles. The molecule has 0 fully saturated rings. The largest absolute Gasteiger partial charge is 0.386 e. The van der Waals surface area contributed by atoms with Crippen molar-refractivity contribution in [1.82, 2.24) is 0 Å². The van der Waals surface area contributed by atoms with Crippen molar-refractivity contribution in [3.05, 3.63) is 24.3 Å². The molecule has 0 saturated heterocycles. The van der Waals surface area contributed by atoms with E-state index < -0.39 is 0 Å². The molecule has 1 heterocycles. The van der Waals surface area contributed by atoms with E-state index in [2.05, 4.69) is 0 Å². The van der Waals surface area contributed by atoms with Crippen LogP contribution in [0, 0.1) is 0 Å². The van der Waals surface area contributed by atoms with Gasteiger partial charge in [0.2, 0.25) is 0 Å². The topological polar surface area (TPSA) is 26.3 Å². The van der Waals surface area contributed by atoms with Crippen molar-refractivity contribution in [3.63, 3.8) is 0 Å². The van der Waals surface area contributed by atoms with E-state index in [9.17, 15) is 0 Å². The third-order valence-electron chi connectivity index (χ3n) is 1.12. The summed E-state index contributed by atoms with van der Waals surface area (Å²) >= 11 is 0. The number of hydrogen-bond acceptors (Lipinski definition) is 4. The summed E-state index contributed by atoms with van der Waals surface area (Å²) in [6.07, 6.45) is 0. The van der Waals surface area contributed by atoms with E-state index in [1.807, 2.05) is 24.3 Å². The first-order chi connectivity index (χ1) is 4.97. The molecule has 1 radical (unpaired) electrons. The first-order valence-electron chi connectivity index (χ1n) is 2.74. The Balaban J connectivity index is 0.000000605. The zero-order valence-electron chi connectivity index (χ0n) is 5.24. The van der Waals surface area contributed by atoms with Crippen molar-refractivity contribution in [1.29, 1.82) is 0 Å². The molecule has 0 saturated carbocycles. The van der Waals surface area contributed by atoms with Crippen molar-refractivity contribution in [3.8, 4) is 0 Å². The van der Waals surface area contributed by atoms with Crippen LogP contribution in [0.25, 0.3) is 11.2 Å². The van der Waals surface area contributed by atoms with Crippen LogP contribution in [0.5, 0.6) is 0 Å². The maximum Gasteiger partial charge on any atom is 0.189 e. The molecule has 0 N–H and O–H groups in total. The molecule has 2 nitrogen and oxygen atoms in total. The Kier molecular flexibility index (Phi) is 3.42. The van der Waals surface area contributed by atoms with Gasteiger partial charge in [-0.3, -0.25) is 0 Å². The minimum absolute atomic E-state index is 0. The van der Waals surface area contributed by atoms with Crippen LogP contribution in [-0.2, 0) is 22.4 Å². The van der Waals surface area contributed by atoms with Gasteiger partial charge in [0.15, 0.2) is 11.2 Å². The van der Waals surface area contributed by atoms with Gasteiger partial charge in [0, 0.05) is 22.4 Å². The Labute approximate surface area is 86.5 Å². The van der Waals surface area contributed by atoms with E-state index in [0.717, 1.165) is 11.2 Å². The summed E-state index contributed by atoms with van der Waals surface area (Å²) in [6, 6.07) is 7.58. The van der Waals surface area contributed by atoms with Gasteiger partial charge in [-0.25, -0.2) is 0 Å². The molecule has 63 valence electrons. The third kappa shape index (κ3) is 1.98. The van der Waals surface area contributed by atoms with Gasteiger partial charge in [0.1, 0.15) is 21.3 Å². The van der Waals surface area contributed by atoms with Gasteiger partial charge in [0.05, 0.1) is 0 Å². The Morgan fingerprint density at radius 1 is 0.909 bits per heavy atom. The van der Waals surface area contributed by atoms with Crippen molar-refractivity contribution in [2.75, 3.05) is 0 Å². The fraction of sp³-hybridized carbons (Fsp3) is 0. The van der Waals surface area contributed by atoms with Crippen molar-refractivity contribution in [2.24, 2.45) is 0 Å². The molecular weight excluding hydrogens is 276 g/mol. The van der Waals surface area contributed by atoms with Crippen molar-refractivity contribution in [2.45, 2.75) is 0 Å². The van der Waals surface area contributed by atoms with Gasteiger partial charge >= 0.3 is 0 Å². The molecule has 0 bridgehead atoms. The SMILES string of the molecule is [Ag].c1ccc2ossoc2c1. The molecule has 1 aromatic heterocycles. The van der Waals surface area contributed by atoms with Crippen LogP contribution < -0.4 is 0 Å². The van der Waals surface area contributed by atoms with E-state index >= 15 is 0 Å². The van der Waals surface area contributed by atoms with E-state index in [4.69, 9.17) is 7.70 Å². The summed E-state index contributed by atoms with van der Waals surface area (Å²) in [6.45, 7) is 0. The smallest absolute Gasteiger partial charge is 0.189 e. The van der Waals surface area contributed by atoms with Gasteiger partial charge in [-0.05, 0) is 12.1 Å². The minimum atomic E-state index is 0. The van der Waals surface area contributed by atoms with Gasteiger partial charge in [-0.15, -0.1) is 0 Å². The van der Waals surface area contributed by atoms with Crippen molar-refractivity contribution < 1.29 is 30.1 Å². The molecule has 0 amide bonds. The fourth-order valence-electron chi connectivity index (χ4n) is 0.689. The van der Waals surface area contributed by atoms with Crippen LogP contribution in [0.4, 0.5) is 0 Å². The summed E-state index contributed by atoms with van der Waals surface area (Å²) in [4.78, 5) is 0. The predicted octanol–water partition coefficient (Wildman–Crippen LogP) is 3.27. The maximum atomic E-state index is 5.18. The van der Waals surface area contributed by atoms with E-state index in [1.54, 1.807) is 0 Å². The standard InChI is InChI=1S/C6H4O2S2.Ag/c1-2-4-6-5(3-1)7-9-10-8-6;/h1-4H;. The average molecular weight is 280 g/mol. The maximum absolute atomic E-state index is 5.18. The zero-order valence-corrected chi connectivity index (χ0v) is 8.36. The van der Waals surface area contributed by atoms with Crippen LogP contribution in [0.1, 0.15) is 0 Å². The molecule has 0 spiro atoms. The third-order valence-corrected chi connectivity index (χ3v) is 2.25. The molecule has 5 heteroatoms. The molecular formula is C6H4AgO2S2. The number of fused-ring (bicyclic) bond motifs is 1. The summed E-state index contributed by atoms with van der Waals surface area (Å²) in [7, 11) is 2.46. The predicted molar refractivity (Wildman–Crippen MR) is 41.9 cm³/mol. The van der Waals surface area contributed by atoms with Gasteiger partial charge in [-0.1, -0.05) is 12.1 Å². The second-order valence-corrected chi connectivity index (χ2v) is 3.17. The average Bonchev–Trinajstić information content (AvgIpc) is 2.05. The molecule has 0 aliphatic carbocycles. The Morgan fingerprint density at radius 3 is 1.82 bits per heavy atom. The first-order valence-corrected chi connectivity index (χ1v) is 4.74. The second kappa shape index (κ2) is 4.13. The monoisotopic (exact) mass is 279 g/mol. The number of benzene rings is 1. The summed E-state index contributed by atoms with van der Waals surface area (Å²) < 4.78 is 10.4. The van der Waals surface area contributed by atoms with Crippen LogP contribution in [0.2, 0.25) is 0 Å². The molecule has 1 aromatic carbocycles. The molecule has 2 rings (SSSR count). The van der Waals surface area contributed by atoms with E-state index in [1.165, 1.54) is 21.3 Å². The number of para-hydroxylation sites is 2. The van der Waals surface area contributed by atoms with Gasteiger partial charge in [-0.2, -0.15) is 0 Å². The van der Waals surface area contributed by atoms with E-state index in [0.29, 0.717) is 0 Å². The Hall–Kier alpha value is 0.000260. The zero-order chi connectivity index (χ0) is 6.81. The molecule has 0 unspecified atom stereocenters. The quantitative estimate of drug-likeness (QED) is 0.547. The minimum Gasteiger partial charge on any atom is -0.386 e. The second-order valence-electron chi connectivity index (χ2n) is 1.75. The van der Waals surface area contributed by atoms with Crippen LogP contribution >= 0.6 is 21.3 Å². The molecule has 2 aromatic rings. The molecule has 11 heavy (non-hydrogen) atoms. The van der Waals surface area contributed by atoms with Gasteiger partial charge < -0.3 is 7.70 Å². The van der Waals surface area contributed by atoms with Crippen LogP contribution in [-0.4, -0.2) is 0 Å². The number of rotatable bonds is 0. The molecule has 0 atom stereocenters. The summed E-state index contributed by atoms with van der Waals surface area (Å²) in [5.74, 6) is 0. The first kappa shape index (κ1) is 9.09. The van der Waals surface area contributed by atoms with Gasteiger partial charge in [0.25, 0.3) is 0 Å². The number of hydrogen-bond donors (Lipinski definition) is 0. The van der Waals surface area contributed by atoms with Crippen molar-refractivity contribution >= 4 is 32.4 Å². The summed E-state index contributed by atoms with van der Waals surface area (Å²) in [5.41, 5.74) is 1.59. The Morgan fingerprint density at radius 2 is 1.36 bits per heavy atom. The fourth-order valence-corrected chi connectivity index (χ4v) is 1.77.